The summed E-state index contributed by atoms with van der Waals surface area (Å²) in [6.07, 6.45) is 1.36. The third kappa shape index (κ3) is 4.63. The van der Waals surface area contributed by atoms with E-state index in [0.29, 0.717) is 32.4 Å². The molecule has 1 unspecified atom stereocenters. The number of amides is 1. The van der Waals surface area contributed by atoms with E-state index >= 15 is 0 Å². The predicted molar refractivity (Wildman–Crippen MR) is 116 cm³/mol. The second-order valence-corrected chi connectivity index (χ2v) is 9.89. The Kier molecular flexibility index (Phi) is 6.03. The van der Waals surface area contributed by atoms with Crippen molar-refractivity contribution < 1.29 is 17.9 Å². The fraction of sp³-hybridized carbons (Fsp3) is 0.333. The number of ether oxygens (including phenoxy) is 1. The van der Waals surface area contributed by atoms with Crippen molar-refractivity contribution in [2.24, 2.45) is 0 Å². The molecule has 7 nitrogen and oxygen atoms in total. The van der Waals surface area contributed by atoms with E-state index in [1.54, 1.807) is 35.7 Å². The van der Waals surface area contributed by atoms with Crippen molar-refractivity contribution in [3.05, 3.63) is 53.5 Å². The van der Waals surface area contributed by atoms with Gasteiger partial charge in [0.15, 0.2) is 0 Å². The zero-order valence-electron chi connectivity index (χ0n) is 16.6. The summed E-state index contributed by atoms with van der Waals surface area (Å²) in [5.41, 5.74) is 3.47. The number of sulfonamides is 1. The molecule has 1 N–H and O–H groups in total. The first-order valence-electron chi connectivity index (χ1n) is 9.71. The number of methoxy groups -OCH3 is 1. The quantitative estimate of drug-likeness (QED) is 0.630. The van der Waals surface area contributed by atoms with Crippen molar-refractivity contribution >= 4 is 37.5 Å². The van der Waals surface area contributed by atoms with E-state index in [4.69, 9.17) is 4.74 Å². The molecular weight excluding hydrogens is 422 g/mol. The van der Waals surface area contributed by atoms with Crippen LogP contribution in [0.5, 0.6) is 5.75 Å². The molecule has 1 atom stereocenters. The van der Waals surface area contributed by atoms with Crippen molar-refractivity contribution in [2.45, 2.75) is 36.7 Å². The SMILES string of the molecule is COc1cccc(CN2CCC(NS(=O)(=O)c3ccc4ncsc4c3)CCC2=O)c1. The lowest BCUT2D eigenvalue weighted by atomic mass is 10.1. The molecule has 1 amide bonds. The molecule has 2 aromatic carbocycles. The smallest absolute Gasteiger partial charge is 0.240 e. The summed E-state index contributed by atoms with van der Waals surface area (Å²) in [7, 11) is -2.06. The van der Waals surface area contributed by atoms with Gasteiger partial charge in [0.05, 0.1) is 27.7 Å². The lowest BCUT2D eigenvalue weighted by Gasteiger charge is -2.21. The molecule has 1 saturated heterocycles. The number of hydrogen-bond acceptors (Lipinski definition) is 6. The molecule has 0 bridgehead atoms. The van der Waals surface area contributed by atoms with Crippen molar-refractivity contribution in [1.29, 1.82) is 0 Å². The first-order valence-corrected chi connectivity index (χ1v) is 12.1. The summed E-state index contributed by atoms with van der Waals surface area (Å²) in [6, 6.07) is 12.3. The Morgan fingerprint density at radius 2 is 2.10 bits per heavy atom. The summed E-state index contributed by atoms with van der Waals surface area (Å²) in [4.78, 5) is 18.8. The first-order chi connectivity index (χ1) is 14.4. The van der Waals surface area contributed by atoms with Gasteiger partial charge in [-0.1, -0.05) is 12.1 Å². The molecule has 9 heteroatoms. The highest BCUT2D eigenvalue weighted by Crippen LogP contribution is 2.23. The van der Waals surface area contributed by atoms with E-state index in [0.717, 1.165) is 21.5 Å². The minimum absolute atomic E-state index is 0.0330. The topological polar surface area (TPSA) is 88.6 Å². The van der Waals surface area contributed by atoms with Crippen LogP contribution in [-0.4, -0.2) is 43.9 Å². The number of nitrogens with one attached hydrogen (secondary N) is 1. The number of carbonyl (C=O) groups excluding carboxylic acids is 1. The first kappa shape index (κ1) is 20.8. The van der Waals surface area contributed by atoms with Crippen LogP contribution in [0.15, 0.2) is 52.9 Å². The molecule has 0 saturated carbocycles. The highest BCUT2D eigenvalue weighted by atomic mass is 32.2. The fourth-order valence-corrected chi connectivity index (χ4v) is 5.72. The summed E-state index contributed by atoms with van der Waals surface area (Å²) in [5, 5.41) is 0. The van der Waals surface area contributed by atoms with Gasteiger partial charge in [0.2, 0.25) is 15.9 Å². The maximum atomic E-state index is 12.9. The van der Waals surface area contributed by atoms with Crippen LogP contribution in [0.3, 0.4) is 0 Å². The molecule has 0 radical (unpaired) electrons. The molecule has 3 aromatic rings. The zero-order chi connectivity index (χ0) is 21.1. The predicted octanol–water partition coefficient (Wildman–Crippen LogP) is 3.16. The van der Waals surface area contributed by atoms with Gasteiger partial charge in [-0.05, 0) is 48.7 Å². The monoisotopic (exact) mass is 445 g/mol. The molecular formula is C21H23N3O4S2. The van der Waals surface area contributed by atoms with Crippen molar-refractivity contribution in [2.75, 3.05) is 13.7 Å². The summed E-state index contributed by atoms with van der Waals surface area (Å²) < 4.78 is 34.6. The average Bonchev–Trinajstić information content (AvgIpc) is 3.15. The van der Waals surface area contributed by atoms with Crippen LogP contribution < -0.4 is 9.46 Å². The van der Waals surface area contributed by atoms with E-state index in [2.05, 4.69) is 9.71 Å². The van der Waals surface area contributed by atoms with Gasteiger partial charge in [-0.15, -0.1) is 11.3 Å². The Labute approximate surface area is 179 Å². The molecule has 0 aliphatic carbocycles. The number of rotatable bonds is 6. The van der Waals surface area contributed by atoms with Crippen molar-refractivity contribution in [1.82, 2.24) is 14.6 Å². The molecule has 1 fully saturated rings. The van der Waals surface area contributed by atoms with Crippen molar-refractivity contribution in [3.8, 4) is 5.75 Å². The zero-order valence-corrected chi connectivity index (χ0v) is 18.2. The normalized spacial score (nSPS) is 17.8. The van der Waals surface area contributed by atoms with Gasteiger partial charge in [0.25, 0.3) is 0 Å². The van der Waals surface area contributed by atoms with E-state index < -0.39 is 10.0 Å². The van der Waals surface area contributed by atoms with Crippen LogP contribution in [0.1, 0.15) is 24.8 Å². The molecule has 2 heterocycles. The number of nitrogens with zero attached hydrogens (tertiary/aromatic N) is 2. The van der Waals surface area contributed by atoms with E-state index in [1.807, 2.05) is 24.3 Å². The Bertz CT molecular complexity index is 1160. The van der Waals surface area contributed by atoms with Crippen molar-refractivity contribution in [3.63, 3.8) is 0 Å². The Morgan fingerprint density at radius 1 is 1.23 bits per heavy atom. The number of hydrogen-bond donors (Lipinski definition) is 1. The van der Waals surface area contributed by atoms with E-state index in [1.165, 1.54) is 11.3 Å². The minimum atomic E-state index is -3.67. The van der Waals surface area contributed by atoms with Crippen LogP contribution in [0.25, 0.3) is 10.2 Å². The largest absolute Gasteiger partial charge is 0.497 e. The lowest BCUT2D eigenvalue weighted by molar-refractivity contribution is -0.131. The molecule has 158 valence electrons. The third-order valence-electron chi connectivity index (χ3n) is 5.25. The van der Waals surface area contributed by atoms with E-state index in [9.17, 15) is 13.2 Å². The fourth-order valence-electron chi connectivity index (χ4n) is 3.60. The number of aromatic nitrogens is 1. The maximum absolute atomic E-state index is 12.9. The van der Waals surface area contributed by atoms with Gasteiger partial charge in [0, 0.05) is 25.6 Å². The summed E-state index contributed by atoms with van der Waals surface area (Å²) in [6.45, 7) is 0.981. The van der Waals surface area contributed by atoms with Gasteiger partial charge < -0.3 is 9.64 Å². The van der Waals surface area contributed by atoms with Gasteiger partial charge >= 0.3 is 0 Å². The second kappa shape index (κ2) is 8.71. The molecule has 1 aromatic heterocycles. The molecule has 4 rings (SSSR count). The van der Waals surface area contributed by atoms with Crippen LogP contribution in [-0.2, 0) is 21.4 Å². The van der Waals surface area contributed by atoms with Gasteiger partial charge in [-0.3, -0.25) is 4.79 Å². The lowest BCUT2D eigenvalue weighted by Crippen LogP contribution is -2.35. The molecule has 30 heavy (non-hydrogen) atoms. The summed E-state index contributed by atoms with van der Waals surface area (Å²) >= 11 is 1.41. The van der Waals surface area contributed by atoms with Gasteiger partial charge in [-0.2, -0.15) is 0 Å². The van der Waals surface area contributed by atoms with Crippen LogP contribution in [0.4, 0.5) is 0 Å². The third-order valence-corrected chi connectivity index (χ3v) is 7.56. The second-order valence-electron chi connectivity index (χ2n) is 7.29. The Morgan fingerprint density at radius 3 is 2.93 bits per heavy atom. The highest BCUT2D eigenvalue weighted by Gasteiger charge is 2.26. The van der Waals surface area contributed by atoms with Crippen LogP contribution in [0.2, 0.25) is 0 Å². The number of fused-ring (bicyclic) bond motifs is 1. The average molecular weight is 446 g/mol. The van der Waals surface area contributed by atoms with Crippen LogP contribution >= 0.6 is 11.3 Å². The van der Waals surface area contributed by atoms with E-state index in [-0.39, 0.29) is 16.8 Å². The summed E-state index contributed by atoms with van der Waals surface area (Å²) in [5.74, 6) is 0.781. The number of thiazole rings is 1. The van der Waals surface area contributed by atoms with Crippen LogP contribution in [0, 0.1) is 0 Å². The number of carbonyl (C=O) groups is 1. The van der Waals surface area contributed by atoms with Gasteiger partial charge in [-0.25, -0.2) is 18.1 Å². The Hall–Kier alpha value is -2.49. The molecule has 0 spiro atoms. The highest BCUT2D eigenvalue weighted by molar-refractivity contribution is 7.89. The number of benzene rings is 2. The number of likely N-dealkylation sites (tertiary alicyclic amines) is 1. The molecule has 1 aliphatic heterocycles. The molecule has 1 aliphatic rings. The minimum Gasteiger partial charge on any atom is -0.497 e. The maximum Gasteiger partial charge on any atom is 0.240 e. The Balaban J connectivity index is 1.43. The van der Waals surface area contributed by atoms with Gasteiger partial charge in [0.1, 0.15) is 5.75 Å². The standard InChI is InChI=1S/C21H23N3O4S2/c1-28-17-4-2-3-15(11-17)13-24-10-9-16(5-8-21(24)25)23-30(26,27)18-6-7-19-20(12-18)29-14-22-19/h2-4,6-7,11-12,14,16,23H,5,8-10,13H2,1H3.